The first-order valence-corrected chi connectivity index (χ1v) is 4.94. The van der Waals surface area contributed by atoms with Crippen LogP contribution in [0.4, 0.5) is 4.39 Å². The fourth-order valence-electron chi connectivity index (χ4n) is 1.66. The van der Waals surface area contributed by atoms with Crippen molar-refractivity contribution >= 4 is 16.7 Å². The zero-order valence-corrected chi connectivity index (χ0v) is 8.87. The summed E-state index contributed by atoms with van der Waals surface area (Å²) >= 11 is 0. The van der Waals surface area contributed by atoms with Crippen LogP contribution in [-0.4, -0.2) is 13.1 Å². The van der Waals surface area contributed by atoms with E-state index in [1.54, 1.807) is 18.2 Å². The number of hydrogen-bond acceptors (Lipinski definition) is 2. The SMILES string of the molecule is COC(=O)Cc1cc(F)c2ccccc2c1. The molecule has 16 heavy (non-hydrogen) atoms. The Labute approximate surface area is 92.6 Å². The molecule has 0 saturated heterocycles. The molecule has 2 nitrogen and oxygen atoms in total. The van der Waals surface area contributed by atoms with Crippen molar-refractivity contribution in [2.75, 3.05) is 7.11 Å². The van der Waals surface area contributed by atoms with E-state index in [9.17, 15) is 9.18 Å². The van der Waals surface area contributed by atoms with Crippen molar-refractivity contribution in [3.8, 4) is 0 Å². The maximum Gasteiger partial charge on any atom is 0.309 e. The lowest BCUT2D eigenvalue weighted by Gasteiger charge is -2.04. The number of rotatable bonds is 2. The van der Waals surface area contributed by atoms with Crippen LogP contribution in [-0.2, 0) is 16.0 Å². The van der Waals surface area contributed by atoms with Gasteiger partial charge in [-0.25, -0.2) is 4.39 Å². The van der Waals surface area contributed by atoms with E-state index in [-0.39, 0.29) is 18.2 Å². The lowest BCUT2D eigenvalue weighted by molar-refractivity contribution is -0.139. The molecular formula is C13H11FO2. The van der Waals surface area contributed by atoms with E-state index in [0.29, 0.717) is 10.9 Å². The van der Waals surface area contributed by atoms with Gasteiger partial charge < -0.3 is 4.74 Å². The molecule has 0 saturated carbocycles. The first kappa shape index (κ1) is 10.6. The van der Waals surface area contributed by atoms with Gasteiger partial charge in [0.15, 0.2) is 0 Å². The summed E-state index contributed by atoms with van der Waals surface area (Å²) in [6, 6.07) is 10.3. The molecule has 2 aromatic rings. The van der Waals surface area contributed by atoms with Gasteiger partial charge in [0.2, 0.25) is 0 Å². The standard InChI is InChI=1S/C13H11FO2/c1-16-13(15)8-9-6-10-4-2-3-5-11(10)12(14)7-9/h2-7H,8H2,1H3. The molecule has 0 atom stereocenters. The van der Waals surface area contributed by atoms with Gasteiger partial charge >= 0.3 is 5.97 Å². The molecule has 0 bridgehead atoms. The minimum absolute atomic E-state index is 0.0955. The Morgan fingerprint density at radius 1 is 1.31 bits per heavy atom. The van der Waals surface area contributed by atoms with Crippen molar-refractivity contribution in [3.63, 3.8) is 0 Å². The normalized spacial score (nSPS) is 10.4. The topological polar surface area (TPSA) is 26.3 Å². The summed E-state index contributed by atoms with van der Waals surface area (Å²) < 4.78 is 18.2. The summed E-state index contributed by atoms with van der Waals surface area (Å²) in [4.78, 5) is 11.1. The molecule has 0 radical (unpaired) electrons. The molecule has 0 aliphatic carbocycles. The van der Waals surface area contributed by atoms with Gasteiger partial charge in [-0.3, -0.25) is 4.79 Å². The van der Waals surface area contributed by atoms with Crippen LogP contribution in [0.3, 0.4) is 0 Å². The van der Waals surface area contributed by atoms with Crippen molar-refractivity contribution < 1.29 is 13.9 Å². The number of ether oxygens (including phenoxy) is 1. The van der Waals surface area contributed by atoms with E-state index in [4.69, 9.17) is 0 Å². The number of halogens is 1. The molecule has 0 amide bonds. The van der Waals surface area contributed by atoms with Gasteiger partial charge in [0.05, 0.1) is 13.5 Å². The Hall–Kier alpha value is -1.90. The highest BCUT2D eigenvalue weighted by molar-refractivity contribution is 5.85. The second-order valence-electron chi connectivity index (χ2n) is 3.55. The Balaban J connectivity index is 2.45. The molecule has 0 fully saturated rings. The maximum atomic E-state index is 13.6. The fourth-order valence-corrected chi connectivity index (χ4v) is 1.66. The molecule has 2 aromatic carbocycles. The third-order valence-electron chi connectivity index (χ3n) is 2.45. The van der Waals surface area contributed by atoms with Gasteiger partial charge in [-0.05, 0) is 17.0 Å². The van der Waals surface area contributed by atoms with Crippen LogP contribution in [0, 0.1) is 5.82 Å². The zero-order valence-electron chi connectivity index (χ0n) is 8.87. The number of methoxy groups -OCH3 is 1. The van der Waals surface area contributed by atoms with E-state index in [1.165, 1.54) is 13.2 Å². The van der Waals surface area contributed by atoms with Gasteiger partial charge in [-0.1, -0.05) is 30.3 Å². The first-order chi connectivity index (χ1) is 7.70. The average molecular weight is 218 g/mol. The van der Waals surface area contributed by atoms with Gasteiger partial charge in [0.1, 0.15) is 5.82 Å². The second kappa shape index (κ2) is 4.31. The summed E-state index contributed by atoms with van der Waals surface area (Å²) in [7, 11) is 1.32. The van der Waals surface area contributed by atoms with Gasteiger partial charge in [0.25, 0.3) is 0 Å². The van der Waals surface area contributed by atoms with Gasteiger partial charge in [-0.2, -0.15) is 0 Å². The molecule has 0 aliphatic heterocycles. The Kier molecular flexibility index (Phi) is 2.86. The number of hydrogen-bond donors (Lipinski definition) is 0. The molecule has 0 aliphatic rings. The Bertz CT molecular complexity index is 534. The molecule has 0 aromatic heterocycles. The molecule has 0 unspecified atom stereocenters. The third-order valence-corrected chi connectivity index (χ3v) is 2.45. The first-order valence-electron chi connectivity index (χ1n) is 4.94. The van der Waals surface area contributed by atoms with Crippen LogP contribution in [0.1, 0.15) is 5.56 Å². The van der Waals surface area contributed by atoms with E-state index in [2.05, 4.69) is 4.74 Å². The number of fused-ring (bicyclic) bond motifs is 1. The molecule has 2 rings (SSSR count). The van der Waals surface area contributed by atoms with Crippen LogP contribution >= 0.6 is 0 Å². The number of esters is 1. The van der Waals surface area contributed by atoms with Crippen molar-refractivity contribution in [2.45, 2.75) is 6.42 Å². The summed E-state index contributed by atoms with van der Waals surface area (Å²) in [5.41, 5.74) is 0.628. The number of carbonyl (C=O) groups is 1. The van der Waals surface area contributed by atoms with Crippen molar-refractivity contribution in [2.24, 2.45) is 0 Å². The summed E-state index contributed by atoms with van der Waals surface area (Å²) in [6.45, 7) is 0. The van der Waals surface area contributed by atoms with Crippen molar-refractivity contribution in [3.05, 3.63) is 47.8 Å². The van der Waals surface area contributed by atoms with Gasteiger partial charge in [0, 0.05) is 5.39 Å². The molecule has 0 N–H and O–H groups in total. The quantitative estimate of drug-likeness (QED) is 0.724. The highest BCUT2D eigenvalue weighted by Gasteiger charge is 2.07. The third kappa shape index (κ3) is 2.03. The predicted molar refractivity (Wildman–Crippen MR) is 59.6 cm³/mol. The van der Waals surface area contributed by atoms with Crippen LogP contribution in [0.15, 0.2) is 36.4 Å². The molecule has 82 valence electrons. The van der Waals surface area contributed by atoms with E-state index in [1.807, 2.05) is 12.1 Å². The average Bonchev–Trinajstić information content (AvgIpc) is 2.29. The van der Waals surface area contributed by atoms with Crippen LogP contribution in [0.25, 0.3) is 10.8 Å². The summed E-state index contributed by atoms with van der Waals surface area (Å²) in [5.74, 6) is -0.674. The predicted octanol–water partition coefficient (Wildman–Crippen LogP) is 2.69. The monoisotopic (exact) mass is 218 g/mol. The Morgan fingerprint density at radius 2 is 2.06 bits per heavy atom. The van der Waals surface area contributed by atoms with Crippen LogP contribution in [0.2, 0.25) is 0 Å². The molecular weight excluding hydrogens is 207 g/mol. The largest absolute Gasteiger partial charge is 0.469 e. The minimum Gasteiger partial charge on any atom is -0.469 e. The highest BCUT2D eigenvalue weighted by Crippen LogP contribution is 2.20. The maximum absolute atomic E-state index is 13.6. The van der Waals surface area contributed by atoms with Gasteiger partial charge in [-0.15, -0.1) is 0 Å². The van der Waals surface area contributed by atoms with E-state index in [0.717, 1.165) is 5.39 Å². The van der Waals surface area contributed by atoms with Crippen molar-refractivity contribution in [1.29, 1.82) is 0 Å². The number of benzene rings is 2. The summed E-state index contributed by atoms with van der Waals surface area (Å²) in [6.07, 6.45) is 0.0955. The second-order valence-corrected chi connectivity index (χ2v) is 3.55. The minimum atomic E-state index is -0.366. The van der Waals surface area contributed by atoms with Crippen LogP contribution in [0.5, 0.6) is 0 Å². The van der Waals surface area contributed by atoms with E-state index >= 15 is 0 Å². The molecule has 0 spiro atoms. The van der Waals surface area contributed by atoms with E-state index < -0.39 is 0 Å². The number of carbonyl (C=O) groups excluding carboxylic acids is 1. The zero-order chi connectivity index (χ0) is 11.5. The smallest absolute Gasteiger partial charge is 0.309 e. The Morgan fingerprint density at radius 3 is 2.81 bits per heavy atom. The molecule has 3 heteroatoms. The lowest BCUT2D eigenvalue weighted by atomic mass is 10.0. The van der Waals surface area contributed by atoms with Crippen LogP contribution < -0.4 is 0 Å². The highest BCUT2D eigenvalue weighted by atomic mass is 19.1. The summed E-state index contributed by atoms with van der Waals surface area (Å²) in [5, 5.41) is 1.36. The fraction of sp³-hybridized carbons (Fsp3) is 0.154. The lowest BCUT2D eigenvalue weighted by Crippen LogP contribution is -2.04. The van der Waals surface area contributed by atoms with Crippen molar-refractivity contribution in [1.82, 2.24) is 0 Å². The molecule has 0 heterocycles.